The molecule has 0 aliphatic heterocycles. The third kappa shape index (κ3) is 2.47. The monoisotopic (exact) mass is 267 g/mol. The molecule has 0 fully saturated rings. The van der Waals surface area contributed by atoms with Gasteiger partial charge in [0, 0.05) is 11.8 Å². The molecule has 5 nitrogen and oxygen atoms in total. The van der Waals surface area contributed by atoms with E-state index in [4.69, 9.17) is 0 Å². The lowest BCUT2D eigenvalue weighted by atomic mass is 10.2. The molecule has 20 heavy (non-hydrogen) atoms. The first kappa shape index (κ1) is 12.6. The average Bonchev–Trinajstić information content (AvgIpc) is 2.88. The first-order valence-electron chi connectivity index (χ1n) is 6.76. The second kappa shape index (κ2) is 5.28. The van der Waals surface area contributed by atoms with Gasteiger partial charge in [0.2, 0.25) is 0 Å². The van der Waals surface area contributed by atoms with Gasteiger partial charge in [-0.05, 0) is 25.5 Å². The predicted octanol–water partition coefficient (Wildman–Crippen LogP) is 2.84. The van der Waals surface area contributed by atoms with E-state index < -0.39 is 0 Å². The third-order valence-corrected chi connectivity index (χ3v) is 3.23. The van der Waals surface area contributed by atoms with Crippen LogP contribution in [-0.2, 0) is 13.0 Å². The molecule has 0 amide bonds. The second-order valence-electron chi connectivity index (χ2n) is 4.70. The predicted molar refractivity (Wildman–Crippen MR) is 79.6 cm³/mol. The van der Waals surface area contributed by atoms with Crippen LogP contribution in [0.2, 0.25) is 0 Å². The summed E-state index contributed by atoms with van der Waals surface area (Å²) in [5.74, 6) is 2.57. The van der Waals surface area contributed by atoms with Crippen LogP contribution >= 0.6 is 0 Å². The number of nitrogens with one attached hydrogen (secondary N) is 2. The number of imidazole rings is 1. The van der Waals surface area contributed by atoms with Gasteiger partial charge in [0.15, 0.2) is 0 Å². The summed E-state index contributed by atoms with van der Waals surface area (Å²) in [6.45, 7) is 4.62. The van der Waals surface area contributed by atoms with Gasteiger partial charge in [-0.25, -0.2) is 15.0 Å². The molecule has 0 radical (unpaired) electrons. The number of fused-ring (bicyclic) bond motifs is 1. The number of rotatable bonds is 4. The van der Waals surface area contributed by atoms with Gasteiger partial charge in [-0.3, -0.25) is 0 Å². The number of nitrogens with zero attached hydrogens (tertiary/aromatic N) is 3. The largest absolute Gasteiger partial charge is 0.363 e. The number of benzene rings is 1. The van der Waals surface area contributed by atoms with Crippen LogP contribution in [0.5, 0.6) is 0 Å². The fraction of sp³-hybridized carbons (Fsp3) is 0.267. The SMILES string of the molecule is CCc1cnc(C)nc1NCc1nc2ccccc2[nH]1. The molecule has 0 saturated heterocycles. The molecule has 3 aromatic rings. The normalized spacial score (nSPS) is 10.9. The number of aromatic amines is 1. The van der Waals surface area contributed by atoms with E-state index >= 15 is 0 Å². The standard InChI is InChI=1S/C15H17N5/c1-3-11-8-16-10(2)18-15(11)17-9-14-19-12-6-4-5-7-13(12)20-14/h4-8H,3,9H2,1-2H3,(H,19,20)(H,16,17,18). The molecule has 2 aromatic heterocycles. The number of H-pyrrole nitrogens is 1. The maximum Gasteiger partial charge on any atom is 0.133 e. The Morgan fingerprint density at radius 1 is 1.20 bits per heavy atom. The summed E-state index contributed by atoms with van der Waals surface area (Å²) in [4.78, 5) is 16.5. The quantitative estimate of drug-likeness (QED) is 0.762. The number of hydrogen-bond acceptors (Lipinski definition) is 4. The Labute approximate surface area is 117 Å². The highest BCUT2D eigenvalue weighted by atomic mass is 15.1. The molecular formula is C15H17N5. The summed E-state index contributed by atoms with van der Waals surface area (Å²) in [5.41, 5.74) is 3.16. The number of aromatic nitrogens is 4. The Hall–Kier alpha value is -2.43. The number of para-hydroxylation sites is 2. The summed E-state index contributed by atoms with van der Waals surface area (Å²) in [6.07, 6.45) is 2.78. The van der Waals surface area contributed by atoms with Crippen molar-refractivity contribution in [3.8, 4) is 0 Å². The van der Waals surface area contributed by atoms with Crippen LogP contribution in [0.25, 0.3) is 11.0 Å². The van der Waals surface area contributed by atoms with E-state index in [9.17, 15) is 0 Å². The van der Waals surface area contributed by atoms with E-state index in [1.165, 1.54) is 0 Å². The zero-order valence-electron chi connectivity index (χ0n) is 11.6. The average molecular weight is 267 g/mol. The van der Waals surface area contributed by atoms with Crippen molar-refractivity contribution >= 4 is 16.9 Å². The molecular weight excluding hydrogens is 250 g/mol. The number of anilines is 1. The summed E-state index contributed by atoms with van der Waals surface area (Å²) in [7, 11) is 0. The van der Waals surface area contributed by atoms with Gasteiger partial charge in [0.1, 0.15) is 17.5 Å². The van der Waals surface area contributed by atoms with Crippen LogP contribution in [0.1, 0.15) is 24.1 Å². The smallest absolute Gasteiger partial charge is 0.133 e. The zero-order chi connectivity index (χ0) is 13.9. The van der Waals surface area contributed by atoms with E-state index in [-0.39, 0.29) is 0 Å². The lowest BCUT2D eigenvalue weighted by molar-refractivity contribution is 0.944. The van der Waals surface area contributed by atoms with Crippen LogP contribution in [-0.4, -0.2) is 19.9 Å². The second-order valence-corrected chi connectivity index (χ2v) is 4.70. The van der Waals surface area contributed by atoms with Crippen LogP contribution < -0.4 is 5.32 Å². The van der Waals surface area contributed by atoms with Crippen molar-refractivity contribution in [2.24, 2.45) is 0 Å². The van der Waals surface area contributed by atoms with Crippen molar-refractivity contribution in [2.75, 3.05) is 5.32 Å². The minimum absolute atomic E-state index is 0.623. The Kier molecular flexibility index (Phi) is 3.33. The van der Waals surface area contributed by atoms with Crippen LogP contribution in [0, 0.1) is 6.92 Å². The molecule has 102 valence electrons. The number of aryl methyl sites for hydroxylation is 2. The summed E-state index contributed by atoms with van der Waals surface area (Å²) in [5, 5.41) is 3.34. The number of hydrogen-bond donors (Lipinski definition) is 2. The lowest BCUT2D eigenvalue weighted by Gasteiger charge is -2.08. The third-order valence-electron chi connectivity index (χ3n) is 3.23. The molecule has 5 heteroatoms. The van der Waals surface area contributed by atoms with Crippen LogP contribution in [0.4, 0.5) is 5.82 Å². The van der Waals surface area contributed by atoms with Gasteiger partial charge >= 0.3 is 0 Å². The van der Waals surface area contributed by atoms with Gasteiger partial charge < -0.3 is 10.3 Å². The Balaban J connectivity index is 1.80. The van der Waals surface area contributed by atoms with Crippen molar-refractivity contribution in [1.82, 2.24) is 19.9 Å². The molecule has 0 saturated carbocycles. The molecule has 1 aromatic carbocycles. The highest BCUT2D eigenvalue weighted by molar-refractivity contribution is 5.74. The molecule has 0 spiro atoms. The summed E-state index contributed by atoms with van der Waals surface area (Å²) in [6, 6.07) is 8.02. The van der Waals surface area contributed by atoms with Crippen molar-refractivity contribution in [3.63, 3.8) is 0 Å². The maximum atomic E-state index is 4.54. The molecule has 0 atom stereocenters. The lowest BCUT2D eigenvalue weighted by Crippen LogP contribution is -2.07. The topological polar surface area (TPSA) is 66.5 Å². The van der Waals surface area contributed by atoms with E-state index in [0.717, 1.165) is 40.5 Å². The van der Waals surface area contributed by atoms with Crippen molar-refractivity contribution in [1.29, 1.82) is 0 Å². The Morgan fingerprint density at radius 2 is 2.05 bits per heavy atom. The van der Waals surface area contributed by atoms with Crippen molar-refractivity contribution in [2.45, 2.75) is 26.8 Å². The molecule has 2 N–H and O–H groups in total. The zero-order valence-corrected chi connectivity index (χ0v) is 11.6. The van der Waals surface area contributed by atoms with Gasteiger partial charge in [0.25, 0.3) is 0 Å². The molecule has 0 aliphatic rings. The van der Waals surface area contributed by atoms with Gasteiger partial charge in [-0.1, -0.05) is 19.1 Å². The van der Waals surface area contributed by atoms with Gasteiger partial charge in [-0.15, -0.1) is 0 Å². The van der Waals surface area contributed by atoms with E-state index in [1.54, 1.807) is 0 Å². The summed E-state index contributed by atoms with van der Waals surface area (Å²) < 4.78 is 0. The highest BCUT2D eigenvalue weighted by Gasteiger charge is 2.06. The molecule has 0 aliphatic carbocycles. The van der Waals surface area contributed by atoms with Crippen LogP contribution in [0.3, 0.4) is 0 Å². The Bertz CT molecular complexity index is 699. The minimum atomic E-state index is 0.623. The Morgan fingerprint density at radius 3 is 2.85 bits per heavy atom. The fourth-order valence-electron chi connectivity index (χ4n) is 2.16. The fourth-order valence-corrected chi connectivity index (χ4v) is 2.16. The van der Waals surface area contributed by atoms with Crippen LogP contribution in [0.15, 0.2) is 30.5 Å². The highest BCUT2D eigenvalue weighted by Crippen LogP contribution is 2.15. The molecule has 3 rings (SSSR count). The minimum Gasteiger partial charge on any atom is -0.363 e. The van der Waals surface area contributed by atoms with E-state index in [0.29, 0.717) is 6.54 Å². The van der Waals surface area contributed by atoms with Crippen molar-refractivity contribution in [3.05, 3.63) is 47.7 Å². The first-order valence-corrected chi connectivity index (χ1v) is 6.76. The van der Waals surface area contributed by atoms with Gasteiger partial charge in [0.05, 0.1) is 17.6 Å². The molecule has 0 unspecified atom stereocenters. The maximum absolute atomic E-state index is 4.54. The molecule has 0 bridgehead atoms. The summed E-state index contributed by atoms with van der Waals surface area (Å²) >= 11 is 0. The molecule has 2 heterocycles. The van der Waals surface area contributed by atoms with Gasteiger partial charge in [-0.2, -0.15) is 0 Å². The van der Waals surface area contributed by atoms with E-state index in [1.807, 2.05) is 37.4 Å². The van der Waals surface area contributed by atoms with E-state index in [2.05, 4.69) is 32.2 Å². The first-order chi connectivity index (χ1) is 9.76. The van der Waals surface area contributed by atoms with Crippen molar-refractivity contribution < 1.29 is 0 Å².